The van der Waals surface area contributed by atoms with Crippen LogP contribution in [0.5, 0.6) is 0 Å². The molecule has 0 saturated carbocycles. The van der Waals surface area contributed by atoms with Gasteiger partial charge in [-0.05, 0) is 25.7 Å². The second-order valence-corrected chi connectivity index (χ2v) is 6.53. The van der Waals surface area contributed by atoms with Crippen LogP contribution in [0.1, 0.15) is 32.6 Å². The molecule has 0 radical (unpaired) electrons. The zero-order chi connectivity index (χ0) is 13.6. The third-order valence-electron chi connectivity index (χ3n) is 3.00. The summed E-state index contributed by atoms with van der Waals surface area (Å²) in [4.78, 5) is 13.7. The van der Waals surface area contributed by atoms with Gasteiger partial charge >= 0.3 is 6.03 Å². The molecule has 0 aromatic carbocycles. The Morgan fingerprint density at radius 1 is 1.39 bits per heavy atom. The van der Waals surface area contributed by atoms with E-state index in [2.05, 4.69) is 10.0 Å². The lowest BCUT2D eigenvalue weighted by atomic mass is 10.0. The summed E-state index contributed by atoms with van der Waals surface area (Å²) in [6.45, 7) is 3.66. The van der Waals surface area contributed by atoms with Gasteiger partial charge < -0.3 is 10.2 Å². The Morgan fingerprint density at radius 3 is 2.72 bits per heavy atom. The lowest BCUT2D eigenvalue weighted by molar-refractivity contribution is 0.152. The minimum atomic E-state index is -3.20. The first kappa shape index (κ1) is 15.2. The lowest BCUT2D eigenvalue weighted by Gasteiger charge is -2.35. The molecule has 0 aromatic rings. The number of carbonyl (C=O) groups excluding carboxylic acids is 1. The van der Waals surface area contributed by atoms with E-state index in [0.717, 1.165) is 31.9 Å². The molecule has 18 heavy (non-hydrogen) atoms. The van der Waals surface area contributed by atoms with Crippen molar-refractivity contribution in [1.82, 2.24) is 14.9 Å². The third-order valence-corrected chi connectivity index (χ3v) is 3.69. The number of piperidine rings is 1. The molecule has 0 aromatic heterocycles. The highest BCUT2D eigenvalue weighted by Gasteiger charge is 2.26. The van der Waals surface area contributed by atoms with E-state index in [4.69, 9.17) is 0 Å². The van der Waals surface area contributed by atoms with Crippen LogP contribution in [-0.4, -0.2) is 51.3 Å². The molecule has 2 N–H and O–H groups in total. The first-order valence-corrected chi connectivity index (χ1v) is 8.32. The van der Waals surface area contributed by atoms with Gasteiger partial charge in [0, 0.05) is 25.7 Å². The molecule has 1 heterocycles. The molecule has 0 unspecified atom stereocenters. The summed E-state index contributed by atoms with van der Waals surface area (Å²) in [5.74, 6) is 0. The van der Waals surface area contributed by atoms with Gasteiger partial charge in [-0.2, -0.15) is 0 Å². The molecule has 7 heteroatoms. The highest BCUT2D eigenvalue weighted by atomic mass is 32.2. The van der Waals surface area contributed by atoms with E-state index in [1.807, 2.05) is 6.92 Å². The van der Waals surface area contributed by atoms with Crippen molar-refractivity contribution >= 4 is 16.1 Å². The molecule has 0 spiro atoms. The van der Waals surface area contributed by atoms with Crippen molar-refractivity contribution in [2.45, 2.75) is 38.6 Å². The average molecular weight is 277 g/mol. The maximum absolute atomic E-state index is 11.9. The Balaban J connectivity index is 2.53. The van der Waals surface area contributed by atoms with E-state index < -0.39 is 10.0 Å². The number of sulfonamides is 1. The molecule has 1 saturated heterocycles. The number of nitrogens with zero attached hydrogens (tertiary/aromatic N) is 1. The summed E-state index contributed by atoms with van der Waals surface area (Å²) in [6.07, 6.45) is 4.90. The van der Waals surface area contributed by atoms with E-state index >= 15 is 0 Å². The highest BCUT2D eigenvalue weighted by Crippen LogP contribution is 2.16. The van der Waals surface area contributed by atoms with Crippen LogP contribution < -0.4 is 10.0 Å². The molecular formula is C11H23N3O3S. The quantitative estimate of drug-likeness (QED) is 0.768. The summed E-state index contributed by atoms with van der Waals surface area (Å²) in [5.41, 5.74) is 0. The number of amides is 2. The number of nitrogens with one attached hydrogen (secondary N) is 2. The van der Waals surface area contributed by atoms with Gasteiger partial charge in [0.15, 0.2) is 0 Å². The standard InChI is InChI=1S/C11H23N3O3S/c1-3-7-12-11(15)14-8-5-4-6-10(14)9-13-18(2,16)17/h10,13H,3-9H2,1-2H3,(H,12,15)/t10-/m0/s1. The average Bonchev–Trinajstić information content (AvgIpc) is 2.33. The van der Waals surface area contributed by atoms with Gasteiger partial charge in [-0.1, -0.05) is 6.92 Å². The van der Waals surface area contributed by atoms with E-state index in [-0.39, 0.29) is 12.1 Å². The van der Waals surface area contributed by atoms with Gasteiger partial charge in [-0.25, -0.2) is 17.9 Å². The van der Waals surface area contributed by atoms with Crippen molar-refractivity contribution in [2.75, 3.05) is 25.9 Å². The molecule has 0 bridgehead atoms. The monoisotopic (exact) mass is 277 g/mol. The van der Waals surface area contributed by atoms with Gasteiger partial charge in [0.2, 0.25) is 10.0 Å². The summed E-state index contributed by atoms with van der Waals surface area (Å²) < 4.78 is 24.7. The summed E-state index contributed by atoms with van der Waals surface area (Å²) in [7, 11) is -3.20. The smallest absolute Gasteiger partial charge is 0.317 e. The predicted molar refractivity (Wildman–Crippen MR) is 70.9 cm³/mol. The van der Waals surface area contributed by atoms with E-state index in [9.17, 15) is 13.2 Å². The Bertz CT molecular complexity index is 370. The van der Waals surface area contributed by atoms with Crippen LogP contribution in [0.4, 0.5) is 4.79 Å². The molecule has 1 atom stereocenters. The summed E-state index contributed by atoms with van der Waals surface area (Å²) in [6, 6.07) is -0.123. The second kappa shape index (κ2) is 6.94. The number of urea groups is 1. The molecular weight excluding hydrogens is 254 g/mol. The van der Waals surface area contributed by atoms with Crippen LogP contribution >= 0.6 is 0 Å². The van der Waals surface area contributed by atoms with Crippen molar-refractivity contribution in [2.24, 2.45) is 0 Å². The molecule has 106 valence electrons. The van der Waals surface area contributed by atoms with Crippen molar-refractivity contribution in [1.29, 1.82) is 0 Å². The second-order valence-electron chi connectivity index (χ2n) is 4.70. The number of hydrogen-bond acceptors (Lipinski definition) is 3. The van der Waals surface area contributed by atoms with Crippen LogP contribution in [0, 0.1) is 0 Å². The molecule has 0 aliphatic carbocycles. The van der Waals surface area contributed by atoms with Gasteiger partial charge in [0.05, 0.1) is 6.26 Å². The van der Waals surface area contributed by atoms with Crippen LogP contribution in [0.2, 0.25) is 0 Å². The van der Waals surface area contributed by atoms with Crippen molar-refractivity contribution in [3.63, 3.8) is 0 Å². The van der Waals surface area contributed by atoms with Crippen molar-refractivity contribution in [3.05, 3.63) is 0 Å². The predicted octanol–water partition coefficient (Wildman–Crippen LogP) is 0.510. The fourth-order valence-corrected chi connectivity index (χ4v) is 2.56. The normalized spacial score (nSPS) is 20.8. The molecule has 1 aliphatic heterocycles. The number of hydrogen-bond donors (Lipinski definition) is 2. The number of rotatable bonds is 5. The van der Waals surface area contributed by atoms with Crippen molar-refractivity contribution < 1.29 is 13.2 Å². The SMILES string of the molecule is CCCNC(=O)N1CCCC[C@H]1CNS(C)(=O)=O. The van der Waals surface area contributed by atoms with Gasteiger partial charge in [-0.3, -0.25) is 0 Å². The summed E-state index contributed by atoms with van der Waals surface area (Å²) >= 11 is 0. The lowest BCUT2D eigenvalue weighted by Crippen LogP contribution is -2.52. The van der Waals surface area contributed by atoms with Crippen LogP contribution in [0.15, 0.2) is 0 Å². The van der Waals surface area contributed by atoms with Crippen LogP contribution in [0.3, 0.4) is 0 Å². The Hall–Kier alpha value is -0.820. The minimum absolute atomic E-state index is 0.0367. The van der Waals surface area contributed by atoms with E-state index in [1.165, 1.54) is 0 Å². The topological polar surface area (TPSA) is 78.5 Å². The van der Waals surface area contributed by atoms with Crippen LogP contribution in [0.25, 0.3) is 0 Å². The Morgan fingerprint density at radius 2 is 2.11 bits per heavy atom. The van der Waals surface area contributed by atoms with Gasteiger partial charge in [0.25, 0.3) is 0 Å². The zero-order valence-electron chi connectivity index (χ0n) is 11.1. The number of likely N-dealkylation sites (tertiary alicyclic amines) is 1. The molecule has 1 rings (SSSR count). The maximum Gasteiger partial charge on any atom is 0.317 e. The minimum Gasteiger partial charge on any atom is -0.338 e. The van der Waals surface area contributed by atoms with E-state index in [1.54, 1.807) is 4.90 Å². The van der Waals surface area contributed by atoms with E-state index in [0.29, 0.717) is 19.6 Å². The van der Waals surface area contributed by atoms with Gasteiger partial charge in [-0.15, -0.1) is 0 Å². The largest absolute Gasteiger partial charge is 0.338 e. The Labute approximate surface area is 109 Å². The maximum atomic E-state index is 11.9. The highest BCUT2D eigenvalue weighted by molar-refractivity contribution is 7.88. The zero-order valence-corrected chi connectivity index (χ0v) is 11.9. The molecule has 1 aliphatic rings. The number of carbonyl (C=O) groups is 1. The first-order chi connectivity index (χ1) is 8.44. The summed E-state index contributed by atoms with van der Waals surface area (Å²) in [5, 5.41) is 2.84. The molecule has 6 nitrogen and oxygen atoms in total. The third kappa shape index (κ3) is 5.22. The van der Waals surface area contributed by atoms with Crippen LogP contribution in [-0.2, 0) is 10.0 Å². The fraction of sp³-hybridized carbons (Fsp3) is 0.909. The molecule has 1 fully saturated rings. The van der Waals surface area contributed by atoms with Gasteiger partial charge in [0.1, 0.15) is 0 Å². The fourth-order valence-electron chi connectivity index (χ4n) is 2.06. The van der Waals surface area contributed by atoms with Crippen molar-refractivity contribution in [3.8, 4) is 0 Å². The Kier molecular flexibility index (Phi) is 5.87. The molecule has 2 amide bonds. The first-order valence-electron chi connectivity index (χ1n) is 6.43.